The van der Waals surface area contributed by atoms with E-state index in [1.807, 2.05) is 0 Å². The molecule has 0 aliphatic rings. The van der Waals surface area contributed by atoms with Gasteiger partial charge in [-0.2, -0.15) is 0 Å². The van der Waals surface area contributed by atoms with E-state index in [9.17, 15) is 17.8 Å². The van der Waals surface area contributed by atoms with Gasteiger partial charge in [0.1, 0.15) is 18.4 Å². The van der Waals surface area contributed by atoms with E-state index in [0.717, 1.165) is 0 Å². The number of carbonyl (C=O) groups is 1. The highest BCUT2D eigenvalue weighted by molar-refractivity contribution is 7.84. The molecule has 0 saturated heterocycles. The van der Waals surface area contributed by atoms with Crippen LogP contribution in [0.15, 0.2) is 29.2 Å². The lowest BCUT2D eigenvalue weighted by atomic mass is 10.0. The molecule has 0 radical (unpaired) electrons. The SMILES string of the molecule is CCOC(c1ccc(S(=O)CF)cc1)C(CF)N(CC)C(=O)OC(C)(C)C. The number of amides is 1. The first-order chi connectivity index (χ1) is 12.7. The molecule has 3 unspecified atom stereocenters. The fraction of sp³-hybridized carbons (Fsp3) is 0.632. The molecule has 27 heavy (non-hydrogen) atoms. The average Bonchev–Trinajstić information content (AvgIpc) is 2.62. The molecule has 3 atom stereocenters. The number of rotatable bonds is 9. The summed E-state index contributed by atoms with van der Waals surface area (Å²) in [5.41, 5.74) is -0.0917. The first-order valence-electron chi connectivity index (χ1n) is 8.89. The second-order valence-corrected chi connectivity index (χ2v) is 8.27. The number of nitrogens with zero attached hydrogens (tertiary/aromatic N) is 1. The third kappa shape index (κ3) is 6.84. The Morgan fingerprint density at radius 2 is 1.78 bits per heavy atom. The van der Waals surface area contributed by atoms with E-state index in [1.165, 1.54) is 17.0 Å². The maximum atomic E-state index is 14.0. The molecule has 1 aromatic carbocycles. The Labute approximate surface area is 162 Å². The monoisotopic (exact) mass is 405 g/mol. The van der Waals surface area contributed by atoms with Crippen LogP contribution in [0, 0.1) is 0 Å². The summed E-state index contributed by atoms with van der Waals surface area (Å²) in [7, 11) is -1.72. The van der Waals surface area contributed by atoms with Crippen LogP contribution in [-0.2, 0) is 20.3 Å². The highest BCUT2D eigenvalue weighted by Crippen LogP contribution is 2.28. The summed E-state index contributed by atoms with van der Waals surface area (Å²) in [4.78, 5) is 14.2. The van der Waals surface area contributed by atoms with E-state index in [2.05, 4.69) is 0 Å². The zero-order valence-electron chi connectivity index (χ0n) is 16.5. The molecule has 0 aliphatic heterocycles. The predicted molar refractivity (Wildman–Crippen MR) is 102 cm³/mol. The Bertz CT molecular complexity index is 619. The molecular weight excluding hydrogens is 376 g/mol. The standard InChI is InChI=1S/C19H29F2NO4S/c1-6-22(18(23)26-19(3,4)5)16(12-20)17(25-7-2)14-8-10-15(11-9-14)27(24)13-21/h8-11,16-17H,6-7,12-13H2,1-5H3. The second kappa shape index (κ2) is 10.7. The number of halogens is 2. The van der Waals surface area contributed by atoms with Gasteiger partial charge in [-0.1, -0.05) is 12.1 Å². The van der Waals surface area contributed by atoms with Crippen molar-refractivity contribution in [3.05, 3.63) is 29.8 Å². The van der Waals surface area contributed by atoms with E-state index in [0.29, 0.717) is 17.1 Å². The van der Waals surface area contributed by atoms with E-state index in [1.54, 1.807) is 46.8 Å². The third-order valence-corrected chi connectivity index (χ3v) is 4.79. The highest BCUT2D eigenvalue weighted by atomic mass is 32.2. The van der Waals surface area contributed by atoms with Crippen LogP contribution < -0.4 is 0 Å². The summed E-state index contributed by atoms with van der Waals surface area (Å²) in [5.74, 6) is 0. The van der Waals surface area contributed by atoms with Crippen LogP contribution in [0.3, 0.4) is 0 Å². The van der Waals surface area contributed by atoms with Gasteiger partial charge in [0.15, 0.2) is 6.01 Å². The zero-order chi connectivity index (χ0) is 20.6. The number of hydrogen-bond donors (Lipinski definition) is 0. The molecule has 0 fully saturated rings. The van der Waals surface area contributed by atoms with Crippen molar-refractivity contribution in [2.75, 3.05) is 25.8 Å². The second-order valence-electron chi connectivity index (χ2n) is 6.89. The minimum Gasteiger partial charge on any atom is -0.444 e. The molecule has 5 nitrogen and oxygen atoms in total. The molecule has 0 N–H and O–H groups in total. The molecule has 0 saturated carbocycles. The molecule has 0 spiro atoms. The molecule has 154 valence electrons. The molecule has 0 aromatic heterocycles. The molecule has 1 aromatic rings. The van der Waals surface area contributed by atoms with E-state index < -0.39 is 47.3 Å². The van der Waals surface area contributed by atoms with Crippen LogP contribution in [0.2, 0.25) is 0 Å². The lowest BCUT2D eigenvalue weighted by Crippen LogP contribution is -2.47. The van der Waals surface area contributed by atoms with E-state index in [-0.39, 0.29) is 6.54 Å². The first kappa shape index (κ1) is 23.5. The van der Waals surface area contributed by atoms with Crippen LogP contribution in [0.1, 0.15) is 46.3 Å². The van der Waals surface area contributed by atoms with Crippen molar-refractivity contribution in [3.63, 3.8) is 0 Å². The molecule has 0 aliphatic carbocycles. The van der Waals surface area contributed by atoms with Gasteiger partial charge >= 0.3 is 6.09 Å². The fourth-order valence-electron chi connectivity index (χ4n) is 2.63. The van der Waals surface area contributed by atoms with Crippen LogP contribution >= 0.6 is 0 Å². The Balaban J connectivity index is 3.16. The number of benzene rings is 1. The van der Waals surface area contributed by atoms with Gasteiger partial charge in [0.25, 0.3) is 0 Å². The summed E-state index contributed by atoms with van der Waals surface area (Å²) in [5, 5.41) is 0. The van der Waals surface area contributed by atoms with Crippen LogP contribution in [-0.4, -0.2) is 52.7 Å². The Hall–Kier alpha value is -1.54. The van der Waals surface area contributed by atoms with Crippen molar-refractivity contribution in [1.82, 2.24) is 4.90 Å². The van der Waals surface area contributed by atoms with Gasteiger partial charge in [0, 0.05) is 18.0 Å². The maximum Gasteiger partial charge on any atom is 0.410 e. The molecule has 0 heterocycles. The van der Waals surface area contributed by atoms with Gasteiger partial charge in [-0.05, 0) is 52.3 Å². The zero-order valence-corrected chi connectivity index (χ0v) is 17.4. The molecular formula is C19H29F2NO4S. The van der Waals surface area contributed by atoms with Crippen molar-refractivity contribution in [2.45, 2.75) is 57.3 Å². The summed E-state index contributed by atoms with van der Waals surface area (Å²) < 4.78 is 49.2. The number of ether oxygens (including phenoxy) is 2. The summed E-state index contributed by atoms with van der Waals surface area (Å²) >= 11 is 0. The van der Waals surface area contributed by atoms with Gasteiger partial charge in [-0.3, -0.25) is 9.11 Å². The molecule has 8 heteroatoms. The predicted octanol–water partition coefficient (Wildman–Crippen LogP) is 4.39. The Kier molecular flexibility index (Phi) is 9.32. The van der Waals surface area contributed by atoms with Crippen molar-refractivity contribution in [2.24, 2.45) is 0 Å². The van der Waals surface area contributed by atoms with Crippen LogP contribution in [0.5, 0.6) is 0 Å². The minimum atomic E-state index is -1.72. The smallest absolute Gasteiger partial charge is 0.410 e. The minimum absolute atomic E-state index is 0.247. The number of carbonyl (C=O) groups excluding carboxylic acids is 1. The highest BCUT2D eigenvalue weighted by Gasteiger charge is 2.34. The van der Waals surface area contributed by atoms with E-state index >= 15 is 0 Å². The van der Waals surface area contributed by atoms with Gasteiger partial charge in [-0.25, -0.2) is 13.6 Å². The lowest BCUT2D eigenvalue weighted by Gasteiger charge is -2.35. The maximum absolute atomic E-state index is 14.0. The summed E-state index contributed by atoms with van der Waals surface area (Å²) in [6, 6.07) is 4.43. The third-order valence-electron chi connectivity index (χ3n) is 3.79. The van der Waals surface area contributed by atoms with Crippen LogP contribution in [0.4, 0.5) is 13.6 Å². The summed E-state index contributed by atoms with van der Waals surface area (Å²) in [6.07, 6.45) is -1.35. The first-order valence-corrected chi connectivity index (χ1v) is 10.2. The largest absolute Gasteiger partial charge is 0.444 e. The lowest BCUT2D eigenvalue weighted by molar-refractivity contribution is -0.0345. The molecule has 1 amide bonds. The van der Waals surface area contributed by atoms with Crippen molar-refractivity contribution < 1.29 is 27.3 Å². The molecule has 0 bridgehead atoms. The van der Waals surface area contributed by atoms with Gasteiger partial charge in [-0.15, -0.1) is 0 Å². The molecule has 1 rings (SSSR count). The van der Waals surface area contributed by atoms with Crippen LogP contribution in [0.25, 0.3) is 0 Å². The normalized spacial score (nSPS) is 15.1. The van der Waals surface area contributed by atoms with Gasteiger partial charge in [0.2, 0.25) is 0 Å². The fourth-order valence-corrected chi connectivity index (χ4v) is 3.19. The van der Waals surface area contributed by atoms with Crippen molar-refractivity contribution in [3.8, 4) is 0 Å². The Morgan fingerprint density at radius 3 is 2.19 bits per heavy atom. The van der Waals surface area contributed by atoms with Gasteiger partial charge < -0.3 is 9.47 Å². The number of hydrogen-bond acceptors (Lipinski definition) is 4. The quantitative estimate of drug-likeness (QED) is 0.611. The number of alkyl halides is 2. The number of likely N-dealkylation sites (N-methyl/N-ethyl adjacent to an activating group) is 1. The topological polar surface area (TPSA) is 55.8 Å². The van der Waals surface area contributed by atoms with Crippen molar-refractivity contribution >= 4 is 16.9 Å². The van der Waals surface area contributed by atoms with E-state index in [4.69, 9.17) is 9.47 Å². The van der Waals surface area contributed by atoms with Gasteiger partial charge in [0.05, 0.1) is 16.8 Å². The van der Waals surface area contributed by atoms with Crippen molar-refractivity contribution in [1.29, 1.82) is 0 Å². The Morgan fingerprint density at radius 1 is 1.19 bits per heavy atom. The average molecular weight is 406 g/mol. The summed E-state index contributed by atoms with van der Waals surface area (Å²) in [6.45, 7) is 8.48.